The lowest BCUT2D eigenvalue weighted by molar-refractivity contribution is -0.205. The van der Waals surface area contributed by atoms with Gasteiger partial charge in [0, 0.05) is 18.8 Å². The van der Waals surface area contributed by atoms with E-state index in [1.807, 2.05) is 25.8 Å². The number of nitrogens with two attached hydrogens (primary N) is 1. The van der Waals surface area contributed by atoms with Crippen LogP contribution in [0, 0.1) is 0 Å². The molecule has 2 amide bonds. The van der Waals surface area contributed by atoms with Crippen LogP contribution in [0.2, 0.25) is 5.02 Å². The molecule has 222 valence electrons. The lowest BCUT2D eigenvalue weighted by Gasteiger charge is -2.29. The molecule has 16 heteroatoms. The van der Waals surface area contributed by atoms with Gasteiger partial charge in [0.15, 0.2) is 17.3 Å². The van der Waals surface area contributed by atoms with E-state index in [1.54, 1.807) is 10.9 Å². The van der Waals surface area contributed by atoms with Crippen molar-refractivity contribution in [3.8, 4) is 0 Å². The fourth-order valence-corrected chi connectivity index (χ4v) is 5.40. The summed E-state index contributed by atoms with van der Waals surface area (Å²) in [6.45, 7) is 5.27. The van der Waals surface area contributed by atoms with Gasteiger partial charge in [-0.05, 0) is 52.1 Å². The van der Waals surface area contributed by atoms with Crippen LogP contribution < -0.4 is 16.4 Å². The van der Waals surface area contributed by atoms with E-state index in [9.17, 15) is 18.0 Å². The van der Waals surface area contributed by atoms with Crippen LogP contribution >= 0.6 is 11.6 Å². The third-order valence-corrected chi connectivity index (χ3v) is 7.24. The number of imidazole rings is 1. The van der Waals surface area contributed by atoms with Gasteiger partial charge in [-0.1, -0.05) is 11.6 Å². The summed E-state index contributed by atoms with van der Waals surface area (Å²) in [5.41, 5.74) is 4.92. The number of ether oxygens (including phenoxy) is 3. The molecule has 1 aromatic carbocycles. The zero-order valence-corrected chi connectivity index (χ0v) is 23.3. The Labute approximate surface area is 238 Å². The van der Waals surface area contributed by atoms with Crippen molar-refractivity contribution in [2.45, 2.75) is 50.2 Å². The first-order chi connectivity index (χ1) is 19.3. The number of nitrogen functional groups attached to an aromatic ring is 1. The molecule has 0 bridgehead atoms. The third kappa shape index (κ3) is 5.90. The van der Waals surface area contributed by atoms with Crippen LogP contribution in [0.5, 0.6) is 0 Å². The minimum Gasteiger partial charge on any atom is -0.382 e. The Morgan fingerprint density at radius 1 is 1.29 bits per heavy atom. The Morgan fingerprint density at radius 3 is 2.83 bits per heavy atom. The molecule has 3 atom stereocenters. The van der Waals surface area contributed by atoms with Gasteiger partial charge in [0.05, 0.1) is 23.5 Å². The number of rotatable bonds is 8. The van der Waals surface area contributed by atoms with Crippen molar-refractivity contribution < 1.29 is 32.2 Å². The Morgan fingerprint density at radius 2 is 2.07 bits per heavy atom. The number of benzene rings is 1. The predicted octanol–water partition coefficient (Wildman–Crippen LogP) is 3.43. The highest BCUT2D eigenvalue weighted by molar-refractivity contribution is 6.31. The molecular formula is C25H30ClF3N8O4. The summed E-state index contributed by atoms with van der Waals surface area (Å²) in [7, 11) is 1.91. The van der Waals surface area contributed by atoms with Crippen LogP contribution in [0.15, 0.2) is 30.9 Å². The zero-order valence-electron chi connectivity index (χ0n) is 22.5. The van der Waals surface area contributed by atoms with Gasteiger partial charge in [-0.2, -0.15) is 13.2 Å². The highest BCUT2D eigenvalue weighted by Crippen LogP contribution is 2.47. The number of alkyl halides is 3. The number of fused-ring (bicyclic) bond motifs is 2. The summed E-state index contributed by atoms with van der Waals surface area (Å²) < 4.78 is 59.8. The second-order valence-corrected chi connectivity index (χ2v) is 10.9. The largest absolute Gasteiger partial charge is 0.417 e. The molecule has 4 heterocycles. The smallest absolute Gasteiger partial charge is 0.382 e. The van der Waals surface area contributed by atoms with Crippen molar-refractivity contribution in [3.63, 3.8) is 0 Å². The fourth-order valence-electron chi connectivity index (χ4n) is 5.18. The van der Waals surface area contributed by atoms with Gasteiger partial charge in [0.2, 0.25) is 5.72 Å². The van der Waals surface area contributed by atoms with Crippen molar-refractivity contribution in [2.75, 3.05) is 44.3 Å². The second-order valence-electron chi connectivity index (χ2n) is 10.5. The number of likely N-dealkylation sites (N-methyl/N-ethyl adjacent to an activating group) is 1. The minimum atomic E-state index is -4.63. The Kier molecular flexibility index (Phi) is 7.76. The van der Waals surface area contributed by atoms with Crippen molar-refractivity contribution >= 4 is 40.3 Å². The first kappa shape index (κ1) is 29.3. The molecule has 2 fully saturated rings. The van der Waals surface area contributed by atoms with Gasteiger partial charge in [-0.25, -0.2) is 19.7 Å². The van der Waals surface area contributed by atoms with E-state index in [0.717, 1.165) is 12.1 Å². The van der Waals surface area contributed by atoms with Crippen molar-refractivity contribution in [2.24, 2.45) is 0 Å². The lowest BCUT2D eigenvalue weighted by atomic mass is 10.0. The first-order valence-corrected chi connectivity index (χ1v) is 13.2. The molecule has 2 aliphatic rings. The van der Waals surface area contributed by atoms with Crippen LogP contribution in [0.3, 0.4) is 0 Å². The average molecular weight is 599 g/mol. The van der Waals surface area contributed by atoms with Crippen molar-refractivity contribution in [3.05, 3.63) is 41.4 Å². The monoisotopic (exact) mass is 598 g/mol. The molecule has 0 saturated carbocycles. The molecule has 5 rings (SSSR count). The molecule has 12 nitrogen and oxygen atoms in total. The van der Waals surface area contributed by atoms with Crippen LogP contribution in [-0.4, -0.2) is 81.7 Å². The number of hydrogen-bond acceptors (Lipinski definition) is 9. The van der Waals surface area contributed by atoms with Crippen LogP contribution in [0.4, 0.5) is 29.5 Å². The van der Waals surface area contributed by atoms with E-state index in [1.165, 1.54) is 12.4 Å². The topological polar surface area (TPSA) is 142 Å². The van der Waals surface area contributed by atoms with Crippen molar-refractivity contribution in [1.29, 1.82) is 0 Å². The minimum absolute atomic E-state index is 0.0141. The number of carbonyl (C=O) groups is 1. The fraction of sp³-hybridized carbons (Fsp3) is 0.520. The number of aromatic nitrogens is 4. The molecule has 2 aliphatic heterocycles. The van der Waals surface area contributed by atoms with Crippen LogP contribution in [0.1, 0.15) is 25.8 Å². The lowest BCUT2D eigenvalue weighted by Crippen LogP contribution is -2.46. The van der Waals surface area contributed by atoms with Crippen molar-refractivity contribution in [1.82, 2.24) is 29.7 Å². The number of nitrogens with zero attached hydrogens (tertiary/aromatic N) is 5. The van der Waals surface area contributed by atoms with Crippen LogP contribution in [0.25, 0.3) is 11.2 Å². The molecule has 0 radical (unpaired) electrons. The van der Waals surface area contributed by atoms with Gasteiger partial charge in [0.25, 0.3) is 0 Å². The molecular weight excluding hydrogens is 569 g/mol. The highest BCUT2D eigenvalue weighted by atomic mass is 35.5. The Bertz CT molecular complexity index is 1440. The summed E-state index contributed by atoms with van der Waals surface area (Å²) in [5, 5.41) is 4.61. The molecule has 0 aliphatic carbocycles. The SMILES string of the molecule is CN(CCCNC(=O)Nc1ccc(Cl)c(C(F)(F)F)c1)C[C@H]1OC[C@@]2(n3cnc4c(N)ncnc43)OC(C)(C)O[C@H]12. The number of anilines is 2. The number of nitrogens with one attached hydrogen (secondary N) is 2. The maximum atomic E-state index is 13.1. The summed E-state index contributed by atoms with van der Waals surface area (Å²) in [6.07, 6.45) is -1.90. The molecule has 4 N–H and O–H groups in total. The van der Waals surface area contributed by atoms with E-state index in [2.05, 4.69) is 25.6 Å². The van der Waals surface area contributed by atoms with Gasteiger partial charge in [0.1, 0.15) is 24.1 Å². The maximum absolute atomic E-state index is 13.1. The normalized spacial score (nSPS) is 23.7. The quantitative estimate of drug-likeness (QED) is 0.332. The molecule has 2 aromatic heterocycles. The Balaban J connectivity index is 1.15. The van der Waals surface area contributed by atoms with Gasteiger partial charge >= 0.3 is 12.2 Å². The standard InChI is InChI=1S/C25H30ClF3N8O4/c1-23(2)40-19-17(39-11-24(19,41-23)37-13-34-18-20(30)32-12-33-21(18)37)10-36(3)8-4-7-31-22(38)35-14-5-6-16(26)15(9-14)25(27,28)29/h5-6,9,12-13,17,19H,4,7-8,10-11H2,1-3H3,(H2,30,32,33)(H2,31,35,38)/t17-,19-,24-/m1/s1. The maximum Gasteiger partial charge on any atom is 0.417 e. The van der Waals surface area contributed by atoms with Crippen LogP contribution in [-0.2, 0) is 26.1 Å². The van der Waals surface area contributed by atoms with E-state index in [4.69, 9.17) is 31.5 Å². The summed E-state index contributed by atoms with van der Waals surface area (Å²) >= 11 is 5.63. The first-order valence-electron chi connectivity index (χ1n) is 12.8. The third-order valence-electron chi connectivity index (χ3n) is 6.91. The number of halogens is 4. The summed E-state index contributed by atoms with van der Waals surface area (Å²) in [4.78, 5) is 27.0. The second kappa shape index (κ2) is 10.9. The molecule has 2 saturated heterocycles. The Hall–Kier alpha value is -3.24. The number of urea groups is 1. The number of carbonyl (C=O) groups excluding carboxylic acids is 1. The van der Waals surface area contributed by atoms with Gasteiger partial charge < -0.3 is 35.5 Å². The highest BCUT2D eigenvalue weighted by Gasteiger charge is 2.63. The predicted molar refractivity (Wildman–Crippen MR) is 143 cm³/mol. The molecule has 0 unspecified atom stereocenters. The van der Waals surface area contributed by atoms with Gasteiger partial charge in [-0.15, -0.1) is 0 Å². The van der Waals surface area contributed by atoms with E-state index in [-0.39, 0.29) is 24.2 Å². The number of amides is 2. The van der Waals surface area contributed by atoms with E-state index < -0.39 is 40.4 Å². The van der Waals surface area contributed by atoms with E-state index >= 15 is 0 Å². The molecule has 0 spiro atoms. The summed E-state index contributed by atoms with van der Waals surface area (Å²) in [5.74, 6) is -0.626. The number of hydrogen-bond donors (Lipinski definition) is 3. The molecule has 3 aromatic rings. The summed E-state index contributed by atoms with van der Waals surface area (Å²) in [6, 6.07) is 2.56. The van der Waals surface area contributed by atoms with Gasteiger partial charge in [-0.3, -0.25) is 4.57 Å². The average Bonchev–Trinajstić information content (AvgIpc) is 3.53. The van der Waals surface area contributed by atoms with E-state index in [0.29, 0.717) is 37.2 Å². The zero-order chi connectivity index (χ0) is 29.6. The molecule has 41 heavy (non-hydrogen) atoms.